The van der Waals surface area contributed by atoms with E-state index in [1.807, 2.05) is 13.8 Å². The quantitative estimate of drug-likeness (QED) is 0.451. The Kier molecular flexibility index (Phi) is 10.8. The lowest BCUT2D eigenvalue weighted by atomic mass is 10.1. The molecule has 0 aromatic rings. The zero-order chi connectivity index (χ0) is 10.9. The molecule has 2 atom stereocenters. The number of hydrogen-bond donors (Lipinski definition) is 4. The molecular weight excluding hydrogens is 172 g/mol. The second kappa shape index (κ2) is 9.44. The molecule has 5 heteroatoms. The Morgan fingerprint density at radius 2 is 1.92 bits per heavy atom. The predicted molar refractivity (Wildman–Crippen MR) is 51.1 cm³/mol. The van der Waals surface area contributed by atoms with E-state index in [1.165, 1.54) is 7.05 Å². The van der Waals surface area contributed by atoms with Crippen molar-refractivity contribution >= 4 is 5.91 Å². The summed E-state index contributed by atoms with van der Waals surface area (Å²) in [4.78, 5) is 10.7. The van der Waals surface area contributed by atoms with Crippen molar-refractivity contribution in [3.8, 4) is 0 Å². The van der Waals surface area contributed by atoms with E-state index in [2.05, 4.69) is 5.32 Å². The number of aliphatic hydroxyl groups is 2. The standard InChI is InChI=1S/C6H14N2O3.C2H6/c1-8-6(11)5(10)4(9)2-3-7;1-2/h4-5,9-10H,2-3,7H2,1H3,(H,8,11);1-2H3. The molecule has 0 aromatic heterocycles. The maximum absolute atomic E-state index is 10.7. The van der Waals surface area contributed by atoms with Crippen LogP contribution in [0.15, 0.2) is 0 Å². The van der Waals surface area contributed by atoms with Gasteiger partial charge >= 0.3 is 0 Å². The summed E-state index contributed by atoms with van der Waals surface area (Å²) < 4.78 is 0. The fourth-order valence-electron chi connectivity index (χ4n) is 0.651. The number of rotatable bonds is 4. The first-order chi connectivity index (χ1) is 6.13. The van der Waals surface area contributed by atoms with Crippen LogP contribution in [-0.2, 0) is 4.79 Å². The predicted octanol–water partition coefficient (Wildman–Crippen LogP) is -1.17. The summed E-state index contributed by atoms with van der Waals surface area (Å²) in [6.07, 6.45) is -2.22. The average Bonchev–Trinajstić information content (AvgIpc) is 2.19. The van der Waals surface area contributed by atoms with Crippen LogP contribution in [0.4, 0.5) is 0 Å². The van der Waals surface area contributed by atoms with Gasteiger partial charge in [-0.1, -0.05) is 13.8 Å². The summed E-state index contributed by atoms with van der Waals surface area (Å²) in [6, 6.07) is 0. The highest BCUT2D eigenvalue weighted by Gasteiger charge is 2.21. The molecule has 0 bridgehead atoms. The van der Waals surface area contributed by atoms with Crippen molar-refractivity contribution < 1.29 is 15.0 Å². The molecule has 0 rings (SSSR count). The number of nitrogens with one attached hydrogen (secondary N) is 1. The summed E-state index contributed by atoms with van der Waals surface area (Å²) in [5.41, 5.74) is 5.11. The largest absolute Gasteiger partial charge is 0.390 e. The van der Waals surface area contributed by atoms with Gasteiger partial charge < -0.3 is 21.3 Å². The molecule has 5 N–H and O–H groups in total. The van der Waals surface area contributed by atoms with Crippen molar-refractivity contribution in [1.29, 1.82) is 0 Å². The monoisotopic (exact) mass is 192 g/mol. The number of likely N-dealkylation sites (N-methyl/N-ethyl adjacent to an activating group) is 1. The topological polar surface area (TPSA) is 95.6 Å². The third-order valence-corrected chi connectivity index (χ3v) is 1.34. The van der Waals surface area contributed by atoms with Gasteiger partial charge in [-0.25, -0.2) is 0 Å². The van der Waals surface area contributed by atoms with Gasteiger partial charge in [0.05, 0.1) is 6.10 Å². The minimum Gasteiger partial charge on any atom is -0.390 e. The molecule has 0 heterocycles. The van der Waals surface area contributed by atoms with E-state index < -0.39 is 18.1 Å². The van der Waals surface area contributed by atoms with Crippen molar-refractivity contribution in [1.82, 2.24) is 5.32 Å². The second-order valence-corrected chi connectivity index (χ2v) is 2.20. The third-order valence-electron chi connectivity index (χ3n) is 1.34. The van der Waals surface area contributed by atoms with E-state index in [0.29, 0.717) is 0 Å². The van der Waals surface area contributed by atoms with E-state index in [1.54, 1.807) is 0 Å². The van der Waals surface area contributed by atoms with Crippen LogP contribution in [0.3, 0.4) is 0 Å². The van der Waals surface area contributed by atoms with Gasteiger partial charge in [0, 0.05) is 7.05 Å². The Bertz CT molecular complexity index is 131. The molecule has 1 amide bonds. The van der Waals surface area contributed by atoms with Gasteiger partial charge in [-0.2, -0.15) is 0 Å². The number of nitrogens with two attached hydrogens (primary N) is 1. The minimum absolute atomic E-state index is 0.217. The van der Waals surface area contributed by atoms with E-state index in [4.69, 9.17) is 15.9 Å². The van der Waals surface area contributed by atoms with E-state index >= 15 is 0 Å². The molecule has 2 unspecified atom stereocenters. The summed E-state index contributed by atoms with van der Waals surface area (Å²) in [5.74, 6) is -0.592. The molecular formula is C8H20N2O3. The highest BCUT2D eigenvalue weighted by molar-refractivity contribution is 5.80. The molecule has 0 aromatic carbocycles. The molecule has 5 nitrogen and oxygen atoms in total. The van der Waals surface area contributed by atoms with Crippen molar-refractivity contribution in [3.05, 3.63) is 0 Å². The summed E-state index contributed by atoms with van der Waals surface area (Å²) in [5, 5.41) is 20.2. The van der Waals surface area contributed by atoms with Gasteiger partial charge in [-0.05, 0) is 13.0 Å². The first-order valence-corrected chi connectivity index (χ1v) is 4.41. The zero-order valence-corrected chi connectivity index (χ0v) is 8.45. The van der Waals surface area contributed by atoms with Gasteiger partial charge in [0.2, 0.25) is 0 Å². The highest BCUT2D eigenvalue weighted by Crippen LogP contribution is 1.96. The van der Waals surface area contributed by atoms with Crippen molar-refractivity contribution in [2.45, 2.75) is 32.5 Å². The molecule has 80 valence electrons. The Morgan fingerprint density at radius 3 is 2.23 bits per heavy atom. The van der Waals surface area contributed by atoms with Crippen LogP contribution in [0.1, 0.15) is 20.3 Å². The molecule has 0 radical (unpaired) electrons. The summed E-state index contributed by atoms with van der Waals surface area (Å²) >= 11 is 0. The SMILES string of the molecule is CC.CNC(=O)C(O)C(O)CCN. The Balaban J connectivity index is 0. The lowest BCUT2D eigenvalue weighted by Crippen LogP contribution is -2.41. The Labute approximate surface area is 78.9 Å². The Hall–Kier alpha value is -0.650. The average molecular weight is 192 g/mol. The molecule has 0 aliphatic carbocycles. The molecule has 0 saturated heterocycles. The molecule has 0 fully saturated rings. The molecule has 0 saturated carbocycles. The minimum atomic E-state index is -1.37. The zero-order valence-electron chi connectivity index (χ0n) is 8.45. The summed E-state index contributed by atoms with van der Waals surface area (Å²) in [7, 11) is 1.39. The molecule has 0 spiro atoms. The third kappa shape index (κ3) is 6.51. The van der Waals surface area contributed by atoms with Gasteiger partial charge in [0.1, 0.15) is 0 Å². The van der Waals surface area contributed by atoms with Crippen LogP contribution in [0.2, 0.25) is 0 Å². The van der Waals surface area contributed by atoms with E-state index in [0.717, 1.165) is 0 Å². The normalized spacial score (nSPS) is 13.7. The van der Waals surface area contributed by atoms with Crippen LogP contribution in [0, 0.1) is 0 Å². The second-order valence-electron chi connectivity index (χ2n) is 2.20. The van der Waals surface area contributed by atoms with Gasteiger partial charge in [-0.15, -0.1) is 0 Å². The van der Waals surface area contributed by atoms with Crippen LogP contribution in [-0.4, -0.2) is 41.9 Å². The first-order valence-electron chi connectivity index (χ1n) is 4.41. The molecule has 0 aliphatic rings. The van der Waals surface area contributed by atoms with Crippen LogP contribution in [0.25, 0.3) is 0 Å². The van der Waals surface area contributed by atoms with Crippen molar-refractivity contribution in [2.24, 2.45) is 5.73 Å². The highest BCUT2D eigenvalue weighted by atomic mass is 16.3. The van der Waals surface area contributed by atoms with Gasteiger partial charge in [-0.3, -0.25) is 4.79 Å². The lowest BCUT2D eigenvalue weighted by Gasteiger charge is -2.14. The fraction of sp³-hybridized carbons (Fsp3) is 0.875. The van der Waals surface area contributed by atoms with Crippen molar-refractivity contribution in [3.63, 3.8) is 0 Å². The lowest BCUT2D eigenvalue weighted by molar-refractivity contribution is -0.134. The van der Waals surface area contributed by atoms with Crippen LogP contribution in [0.5, 0.6) is 0 Å². The molecule has 13 heavy (non-hydrogen) atoms. The van der Waals surface area contributed by atoms with Crippen molar-refractivity contribution in [2.75, 3.05) is 13.6 Å². The first kappa shape index (κ1) is 14.9. The van der Waals surface area contributed by atoms with Crippen LogP contribution < -0.4 is 11.1 Å². The smallest absolute Gasteiger partial charge is 0.251 e. The van der Waals surface area contributed by atoms with E-state index in [-0.39, 0.29) is 13.0 Å². The number of aliphatic hydroxyl groups excluding tert-OH is 2. The van der Waals surface area contributed by atoms with E-state index in [9.17, 15) is 4.79 Å². The number of hydrogen-bond acceptors (Lipinski definition) is 4. The Morgan fingerprint density at radius 1 is 1.46 bits per heavy atom. The molecule has 0 aliphatic heterocycles. The maximum Gasteiger partial charge on any atom is 0.251 e. The maximum atomic E-state index is 10.7. The van der Waals surface area contributed by atoms with Gasteiger partial charge in [0.25, 0.3) is 5.91 Å². The number of carbonyl (C=O) groups excluding carboxylic acids is 1. The number of carbonyl (C=O) groups is 1. The van der Waals surface area contributed by atoms with Gasteiger partial charge in [0.15, 0.2) is 6.10 Å². The summed E-state index contributed by atoms with van der Waals surface area (Å²) in [6.45, 7) is 4.25. The number of amides is 1. The fourth-order valence-corrected chi connectivity index (χ4v) is 0.651. The van der Waals surface area contributed by atoms with Crippen LogP contribution >= 0.6 is 0 Å².